The molecular weight excluding hydrogens is 329 g/mol. The van der Waals surface area contributed by atoms with Crippen LogP contribution in [0, 0.1) is 5.41 Å². The van der Waals surface area contributed by atoms with Crippen molar-refractivity contribution in [1.82, 2.24) is 9.88 Å². The first-order valence-electron chi connectivity index (χ1n) is 7.30. The van der Waals surface area contributed by atoms with Crippen LogP contribution in [0.3, 0.4) is 0 Å². The molecule has 1 aliphatic heterocycles. The van der Waals surface area contributed by atoms with Crippen LogP contribution in [0.25, 0.3) is 0 Å². The molecule has 2 heterocycles. The number of likely N-dealkylation sites (tertiary alicyclic amines) is 1. The molecule has 9 heteroatoms. The van der Waals surface area contributed by atoms with E-state index >= 15 is 0 Å². The lowest BCUT2D eigenvalue weighted by Gasteiger charge is -2.37. The number of hydrogen-bond donors (Lipinski definition) is 1. The molecule has 0 aliphatic carbocycles. The molecule has 0 saturated carbocycles. The van der Waals surface area contributed by atoms with Gasteiger partial charge in [0.15, 0.2) is 6.61 Å². The van der Waals surface area contributed by atoms with E-state index in [4.69, 9.17) is 0 Å². The minimum atomic E-state index is -4.50. The molecular formula is C15H17F3N2O4. The molecule has 1 atom stereocenters. The van der Waals surface area contributed by atoms with Crippen molar-refractivity contribution >= 4 is 11.9 Å². The van der Waals surface area contributed by atoms with Crippen molar-refractivity contribution < 1.29 is 32.6 Å². The number of alkyl halides is 3. The first kappa shape index (κ1) is 18.0. The number of pyridine rings is 1. The van der Waals surface area contributed by atoms with Gasteiger partial charge in [-0.3, -0.25) is 9.59 Å². The quantitative estimate of drug-likeness (QED) is 0.905. The van der Waals surface area contributed by atoms with Gasteiger partial charge in [0.1, 0.15) is 5.69 Å². The first-order valence-corrected chi connectivity index (χ1v) is 7.30. The number of halogens is 3. The number of carboxylic acids is 1. The Hall–Kier alpha value is -2.32. The van der Waals surface area contributed by atoms with Gasteiger partial charge in [-0.1, -0.05) is 6.07 Å². The van der Waals surface area contributed by atoms with E-state index in [1.54, 1.807) is 6.92 Å². The number of piperidine rings is 1. The average molecular weight is 346 g/mol. The number of carbonyl (C=O) groups excluding carboxylic acids is 1. The topological polar surface area (TPSA) is 79.7 Å². The summed E-state index contributed by atoms with van der Waals surface area (Å²) in [5.41, 5.74) is -1.12. The zero-order chi connectivity index (χ0) is 18.0. The Morgan fingerprint density at radius 3 is 2.75 bits per heavy atom. The summed E-state index contributed by atoms with van der Waals surface area (Å²) in [6.45, 7) is 0.455. The van der Waals surface area contributed by atoms with Gasteiger partial charge in [0.25, 0.3) is 5.91 Å². The van der Waals surface area contributed by atoms with E-state index in [0.29, 0.717) is 19.4 Å². The maximum Gasteiger partial charge on any atom is 0.422 e. The third-order valence-corrected chi connectivity index (χ3v) is 3.83. The predicted molar refractivity (Wildman–Crippen MR) is 76.7 cm³/mol. The maximum absolute atomic E-state index is 12.5. The van der Waals surface area contributed by atoms with Crippen molar-refractivity contribution in [1.29, 1.82) is 0 Å². The zero-order valence-corrected chi connectivity index (χ0v) is 13.0. The summed E-state index contributed by atoms with van der Waals surface area (Å²) in [4.78, 5) is 28.9. The van der Waals surface area contributed by atoms with Gasteiger partial charge in [-0.15, -0.1) is 0 Å². The van der Waals surface area contributed by atoms with Crippen molar-refractivity contribution in [3.05, 3.63) is 23.9 Å². The highest BCUT2D eigenvalue weighted by Gasteiger charge is 2.39. The van der Waals surface area contributed by atoms with Crippen molar-refractivity contribution in [3.63, 3.8) is 0 Å². The minimum absolute atomic E-state index is 0.0243. The summed E-state index contributed by atoms with van der Waals surface area (Å²) in [5, 5.41) is 9.28. The number of hydrogen-bond acceptors (Lipinski definition) is 4. The Labute approximate surface area is 136 Å². The van der Waals surface area contributed by atoms with Crippen LogP contribution in [0.1, 0.15) is 30.3 Å². The summed E-state index contributed by atoms with van der Waals surface area (Å²) >= 11 is 0. The summed E-state index contributed by atoms with van der Waals surface area (Å²) in [5.74, 6) is -1.83. The standard InChI is InChI=1S/C15H17F3N2O4/c1-14(13(22)23)6-3-7-20(8-14)12(21)10-4-2-5-11(19-10)24-9-15(16,17)18/h2,4-5H,3,6-9H2,1H3,(H,22,23). The van der Waals surface area contributed by atoms with E-state index in [-0.39, 0.29) is 18.1 Å². The number of nitrogens with zero attached hydrogens (tertiary/aromatic N) is 2. The monoisotopic (exact) mass is 346 g/mol. The molecule has 1 fully saturated rings. The molecule has 1 aromatic heterocycles. The van der Waals surface area contributed by atoms with Crippen LogP contribution in [-0.4, -0.2) is 52.7 Å². The lowest BCUT2D eigenvalue weighted by atomic mass is 9.82. The van der Waals surface area contributed by atoms with E-state index < -0.39 is 30.1 Å². The SMILES string of the molecule is CC1(C(=O)O)CCCN(C(=O)c2cccc(OCC(F)(F)F)n2)C1. The Morgan fingerprint density at radius 1 is 1.42 bits per heavy atom. The molecule has 1 aromatic rings. The third kappa shape index (κ3) is 4.36. The lowest BCUT2D eigenvalue weighted by molar-refractivity contribution is -0.154. The van der Waals surface area contributed by atoms with Crippen molar-refractivity contribution in [3.8, 4) is 5.88 Å². The molecule has 132 valence electrons. The number of ether oxygens (including phenoxy) is 1. The van der Waals surface area contributed by atoms with Crippen molar-refractivity contribution in [2.24, 2.45) is 5.41 Å². The van der Waals surface area contributed by atoms with Gasteiger partial charge in [0.05, 0.1) is 5.41 Å². The summed E-state index contributed by atoms with van der Waals surface area (Å²) in [6, 6.07) is 3.95. The molecule has 0 radical (unpaired) electrons. The summed E-state index contributed by atoms with van der Waals surface area (Å²) in [7, 11) is 0. The zero-order valence-electron chi connectivity index (χ0n) is 13.0. The second-order valence-corrected chi connectivity index (χ2v) is 5.96. The van der Waals surface area contributed by atoms with Crippen LogP contribution in [0.4, 0.5) is 13.2 Å². The van der Waals surface area contributed by atoms with Crippen LogP contribution < -0.4 is 4.74 Å². The van der Waals surface area contributed by atoms with Crippen LogP contribution in [0.15, 0.2) is 18.2 Å². The molecule has 1 unspecified atom stereocenters. The molecule has 1 saturated heterocycles. The average Bonchev–Trinajstić information content (AvgIpc) is 2.52. The molecule has 2 rings (SSSR count). The molecule has 0 spiro atoms. The highest BCUT2D eigenvalue weighted by molar-refractivity contribution is 5.93. The molecule has 0 aromatic carbocycles. The molecule has 0 bridgehead atoms. The summed E-state index contributed by atoms with van der Waals surface area (Å²) in [6.07, 6.45) is -3.52. The smallest absolute Gasteiger partial charge is 0.422 e. The number of carboxylic acid groups (broad SMARTS) is 1. The van der Waals surface area contributed by atoms with E-state index in [9.17, 15) is 27.9 Å². The number of carbonyl (C=O) groups is 2. The fourth-order valence-electron chi connectivity index (χ4n) is 2.52. The Morgan fingerprint density at radius 2 is 2.12 bits per heavy atom. The van der Waals surface area contributed by atoms with Gasteiger partial charge in [-0.2, -0.15) is 13.2 Å². The Balaban J connectivity index is 2.11. The van der Waals surface area contributed by atoms with Crippen molar-refractivity contribution in [2.75, 3.05) is 19.7 Å². The van der Waals surface area contributed by atoms with Crippen LogP contribution in [0.5, 0.6) is 5.88 Å². The van der Waals surface area contributed by atoms with Gasteiger partial charge in [-0.25, -0.2) is 4.98 Å². The van der Waals surface area contributed by atoms with Crippen LogP contribution >= 0.6 is 0 Å². The minimum Gasteiger partial charge on any atom is -0.481 e. The van der Waals surface area contributed by atoms with Gasteiger partial charge in [0, 0.05) is 19.2 Å². The molecule has 1 amide bonds. The fraction of sp³-hybridized carbons (Fsp3) is 0.533. The number of aromatic nitrogens is 1. The fourth-order valence-corrected chi connectivity index (χ4v) is 2.52. The number of rotatable bonds is 4. The first-order chi connectivity index (χ1) is 11.1. The second kappa shape index (κ2) is 6.66. The highest BCUT2D eigenvalue weighted by Crippen LogP contribution is 2.30. The van der Waals surface area contributed by atoms with E-state index in [0.717, 1.165) is 0 Å². The normalized spacial score (nSPS) is 21.4. The van der Waals surface area contributed by atoms with E-state index in [1.807, 2.05) is 0 Å². The van der Waals surface area contributed by atoms with Crippen LogP contribution in [-0.2, 0) is 4.79 Å². The lowest BCUT2D eigenvalue weighted by Crippen LogP contribution is -2.48. The third-order valence-electron chi connectivity index (χ3n) is 3.83. The maximum atomic E-state index is 12.5. The van der Waals surface area contributed by atoms with Crippen molar-refractivity contribution in [2.45, 2.75) is 25.9 Å². The Kier molecular flexibility index (Phi) is 5.00. The van der Waals surface area contributed by atoms with Gasteiger partial charge < -0.3 is 14.7 Å². The largest absolute Gasteiger partial charge is 0.481 e. The Bertz CT molecular complexity index is 635. The highest BCUT2D eigenvalue weighted by atomic mass is 19.4. The molecule has 1 N–H and O–H groups in total. The van der Waals surface area contributed by atoms with E-state index in [1.165, 1.54) is 23.1 Å². The van der Waals surface area contributed by atoms with E-state index in [2.05, 4.69) is 9.72 Å². The predicted octanol–water partition coefficient (Wildman–Crippen LogP) is 2.35. The van der Waals surface area contributed by atoms with Crippen LogP contribution in [0.2, 0.25) is 0 Å². The van der Waals surface area contributed by atoms with Gasteiger partial charge in [0.2, 0.25) is 5.88 Å². The van der Waals surface area contributed by atoms with Gasteiger partial charge in [-0.05, 0) is 25.8 Å². The number of aliphatic carboxylic acids is 1. The van der Waals surface area contributed by atoms with Gasteiger partial charge >= 0.3 is 12.1 Å². The second-order valence-electron chi connectivity index (χ2n) is 5.96. The molecule has 24 heavy (non-hydrogen) atoms. The number of amides is 1. The molecule has 6 nitrogen and oxygen atoms in total. The molecule has 1 aliphatic rings. The summed E-state index contributed by atoms with van der Waals surface area (Å²) < 4.78 is 41.0.